The molecule has 0 spiro atoms. The van der Waals surface area contributed by atoms with Crippen LogP contribution in [0, 0.1) is 11.3 Å². The zero-order valence-corrected chi connectivity index (χ0v) is 11.8. The van der Waals surface area contributed by atoms with Gasteiger partial charge in [0.25, 0.3) is 0 Å². The maximum Gasteiger partial charge on any atom is 0.416 e. The lowest BCUT2D eigenvalue weighted by Crippen LogP contribution is -2.28. The number of carbonyl (C=O) groups is 1. The highest BCUT2D eigenvalue weighted by Crippen LogP contribution is 2.29. The molecule has 2 rings (SSSR count). The van der Waals surface area contributed by atoms with Crippen molar-refractivity contribution in [3.05, 3.63) is 65.2 Å². The van der Waals surface area contributed by atoms with Crippen molar-refractivity contribution in [3.63, 3.8) is 0 Å². The number of halogens is 3. The van der Waals surface area contributed by atoms with Gasteiger partial charge in [0.05, 0.1) is 17.2 Å². The van der Waals surface area contributed by atoms with Gasteiger partial charge in [0.1, 0.15) is 0 Å². The summed E-state index contributed by atoms with van der Waals surface area (Å²) in [4.78, 5) is 11.7. The van der Waals surface area contributed by atoms with Crippen molar-refractivity contribution in [2.45, 2.75) is 12.7 Å². The van der Waals surface area contributed by atoms with E-state index in [9.17, 15) is 18.0 Å². The molecule has 0 radical (unpaired) electrons. The van der Waals surface area contributed by atoms with E-state index in [0.29, 0.717) is 16.8 Å². The fraction of sp³-hybridized carbons (Fsp3) is 0.125. The van der Waals surface area contributed by atoms with Crippen LogP contribution in [0.3, 0.4) is 0 Å². The minimum absolute atomic E-state index is 0.0357. The molecule has 0 aliphatic carbocycles. The molecule has 2 aromatic rings. The highest BCUT2D eigenvalue weighted by atomic mass is 19.4. The second-order valence-electron chi connectivity index (χ2n) is 4.69. The molecule has 4 nitrogen and oxygen atoms in total. The van der Waals surface area contributed by atoms with Crippen molar-refractivity contribution in [1.29, 1.82) is 5.26 Å². The van der Waals surface area contributed by atoms with Crippen LogP contribution < -0.4 is 10.6 Å². The van der Waals surface area contributed by atoms with Crippen LogP contribution in [0.25, 0.3) is 0 Å². The number of hydrogen-bond donors (Lipinski definition) is 2. The third-order valence-corrected chi connectivity index (χ3v) is 2.98. The molecule has 0 saturated heterocycles. The van der Waals surface area contributed by atoms with Crippen molar-refractivity contribution >= 4 is 11.7 Å². The number of carbonyl (C=O) groups excluding carboxylic acids is 1. The van der Waals surface area contributed by atoms with Gasteiger partial charge in [-0.05, 0) is 42.0 Å². The first kappa shape index (κ1) is 16.4. The van der Waals surface area contributed by atoms with Crippen LogP contribution in [-0.2, 0) is 12.7 Å². The molecule has 2 amide bonds. The Kier molecular flexibility index (Phi) is 4.86. The van der Waals surface area contributed by atoms with Crippen LogP contribution >= 0.6 is 0 Å². The molecule has 0 bridgehead atoms. The van der Waals surface area contributed by atoms with E-state index < -0.39 is 17.8 Å². The van der Waals surface area contributed by atoms with E-state index in [1.54, 1.807) is 24.3 Å². The van der Waals surface area contributed by atoms with Gasteiger partial charge in [0.2, 0.25) is 0 Å². The predicted molar refractivity (Wildman–Crippen MR) is 78.5 cm³/mol. The van der Waals surface area contributed by atoms with Gasteiger partial charge in [-0.3, -0.25) is 0 Å². The molecule has 0 atom stereocenters. The van der Waals surface area contributed by atoms with E-state index in [1.807, 2.05) is 6.07 Å². The zero-order valence-electron chi connectivity index (χ0n) is 11.8. The fourth-order valence-electron chi connectivity index (χ4n) is 1.84. The van der Waals surface area contributed by atoms with E-state index in [2.05, 4.69) is 10.6 Å². The van der Waals surface area contributed by atoms with Gasteiger partial charge in [-0.1, -0.05) is 12.1 Å². The lowest BCUT2D eigenvalue weighted by atomic mass is 10.1. The summed E-state index contributed by atoms with van der Waals surface area (Å²) in [6, 6.07) is 12.4. The van der Waals surface area contributed by atoms with Gasteiger partial charge in [-0.25, -0.2) is 4.79 Å². The molecule has 118 valence electrons. The predicted octanol–water partition coefficient (Wildman–Crippen LogP) is 3.90. The van der Waals surface area contributed by atoms with E-state index in [0.717, 1.165) is 12.1 Å². The Bertz CT molecular complexity index is 733. The average Bonchev–Trinajstić information content (AvgIpc) is 2.53. The number of alkyl halides is 3. The molecule has 0 aliphatic heterocycles. The summed E-state index contributed by atoms with van der Waals surface area (Å²) >= 11 is 0. The third kappa shape index (κ3) is 4.74. The largest absolute Gasteiger partial charge is 0.416 e. The van der Waals surface area contributed by atoms with Gasteiger partial charge in [-0.2, -0.15) is 18.4 Å². The Morgan fingerprint density at radius 1 is 1.13 bits per heavy atom. The molecular formula is C16H12F3N3O. The summed E-state index contributed by atoms with van der Waals surface area (Å²) in [7, 11) is 0. The fourth-order valence-corrected chi connectivity index (χ4v) is 1.84. The smallest absolute Gasteiger partial charge is 0.334 e. The number of nitrogens with zero attached hydrogens (tertiary/aromatic N) is 1. The molecular weight excluding hydrogens is 307 g/mol. The van der Waals surface area contributed by atoms with Crippen LogP contribution in [0.4, 0.5) is 23.7 Å². The van der Waals surface area contributed by atoms with Crippen molar-refractivity contribution in [1.82, 2.24) is 5.32 Å². The second kappa shape index (κ2) is 6.83. The Morgan fingerprint density at radius 2 is 1.83 bits per heavy atom. The van der Waals surface area contributed by atoms with E-state index in [1.165, 1.54) is 12.1 Å². The maximum absolute atomic E-state index is 12.6. The monoisotopic (exact) mass is 319 g/mol. The van der Waals surface area contributed by atoms with Crippen LogP contribution in [0.1, 0.15) is 16.7 Å². The van der Waals surface area contributed by atoms with Crippen LogP contribution in [-0.4, -0.2) is 6.03 Å². The summed E-state index contributed by atoms with van der Waals surface area (Å²) in [6.45, 7) is -0.0357. The second-order valence-corrected chi connectivity index (χ2v) is 4.69. The Labute approximate surface area is 130 Å². The number of rotatable bonds is 3. The van der Waals surface area contributed by atoms with Crippen molar-refractivity contribution < 1.29 is 18.0 Å². The first-order chi connectivity index (χ1) is 10.9. The van der Waals surface area contributed by atoms with E-state index >= 15 is 0 Å². The van der Waals surface area contributed by atoms with Gasteiger partial charge < -0.3 is 10.6 Å². The number of urea groups is 1. The summed E-state index contributed by atoms with van der Waals surface area (Å²) in [5.41, 5.74) is 0.518. The Balaban J connectivity index is 1.93. The minimum atomic E-state index is -4.42. The molecule has 0 heterocycles. The first-order valence-electron chi connectivity index (χ1n) is 6.59. The van der Waals surface area contributed by atoms with Crippen molar-refractivity contribution in [3.8, 4) is 6.07 Å². The summed E-state index contributed by atoms with van der Waals surface area (Å²) in [5.74, 6) is 0. The highest BCUT2D eigenvalue weighted by molar-refractivity contribution is 5.89. The third-order valence-electron chi connectivity index (χ3n) is 2.98. The summed E-state index contributed by atoms with van der Waals surface area (Å²) in [5, 5.41) is 13.7. The lowest BCUT2D eigenvalue weighted by Gasteiger charge is -2.10. The first-order valence-corrected chi connectivity index (χ1v) is 6.59. The van der Waals surface area contributed by atoms with Gasteiger partial charge in [0, 0.05) is 12.2 Å². The number of anilines is 1. The molecule has 0 saturated carbocycles. The number of nitriles is 1. The lowest BCUT2D eigenvalue weighted by molar-refractivity contribution is -0.137. The topological polar surface area (TPSA) is 64.9 Å². The Morgan fingerprint density at radius 3 is 2.43 bits per heavy atom. The maximum atomic E-state index is 12.6. The number of amides is 2. The summed E-state index contributed by atoms with van der Waals surface area (Å²) in [6.07, 6.45) is -4.42. The summed E-state index contributed by atoms with van der Waals surface area (Å²) < 4.78 is 37.8. The van der Waals surface area contributed by atoms with Crippen molar-refractivity contribution in [2.75, 3.05) is 5.32 Å². The standard InChI is InChI=1S/C16H12F3N3O/c17-16(18,19)13-3-1-2-12(8-13)10-21-15(23)22-14-6-4-11(9-20)5-7-14/h1-8H,10H2,(H2,21,22,23). The number of benzene rings is 2. The highest BCUT2D eigenvalue weighted by Gasteiger charge is 2.30. The van der Waals surface area contributed by atoms with Crippen molar-refractivity contribution in [2.24, 2.45) is 0 Å². The molecule has 23 heavy (non-hydrogen) atoms. The molecule has 0 unspecified atom stereocenters. The van der Waals surface area contributed by atoms with Gasteiger partial charge in [0.15, 0.2) is 0 Å². The molecule has 2 N–H and O–H groups in total. The zero-order chi connectivity index (χ0) is 16.9. The quantitative estimate of drug-likeness (QED) is 0.901. The molecule has 0 fully saturated rings. The Hall–Kier alpha value is -3.01. The molecule has 7 heteroatoms. The number of hydrogen-bond acceptors (Lipinski definition) is 2. The van der Waals surface area contributed by atoms with Gasteiger partial charge >= 0.3 is 12.2 Å². The van der Waals surface area contributed by atoms with Crippen LogP contribution in [0.15, 0.2) is 48.5 Å². The normalized spacial score (nSPS) is 10.7. The molecule has 0 aliphatic rings. The van der Waals surface area contributed by atoms with Gasteiger partial charge in [-0.15, -0.1) is 0 Å². The minimum Gasteiger partial charge on any atom is -0.334 e. The van der Waals surface area contributed by atoms with E-state index in [4.69, 9.17) is 5.26 Å². The van der Waals surface area contributed by atoms with E-state index in [-0.39, 0.29) is 6.54 Å². The van der Waals surface area contributed by atoms with Crippen LogP contribution in [0.5, 0.6) is 0 Å². The number of nitrogens with one attached hydrogen (secondary N) is 2. The molecule has 0 aromatic heterocycles. The molecule has 2 aromatic carbocycles. The average molecular weight is 319 g/mol. The van der Waals surface area contributed by atoms with Crippen LogP contribution in [0.2, 0.25) is 0 Å². The SMILES string of the molecule is N#Cc1ccc(NC(=O)NCc2cccc(C(F)(F)F)c2)cc1.